The fourth-order valence-electron chi connectivity index (χ4n) is 2.52. The summed E-state index contributed by atoms with van der Waals surface area (Å²) in [5, 5.41) is 0.397. The zero-order valence-electron chi connectivity index (χ0n) is 12.3. The smallest absolute Gasteiger partial charge is 0.129 e. The van der Waals surface area contributed by atoms with E-state index in [1.54, 1.807) is 12.1 Å². The Kier molecular flexibility index (Phi) is 5.34. The zero-order valence-corrected chi connectivity index (χ0v) is 13.1. The molecular formula is C17H20ClFN2. The lowest BCUT2D eigenvalue weighted by molar-refractivity contribution is 0.236. The monoisotopic (exact) mass is 306 g/mol. The first kappa shape index (κ1) is 16.0. The molecule has 1 atom stereocenters. The molecule has 0 saturated carbocycles. The van der Waals surface area contributed by atoms with Gasteiger partial charge < -0.3 is 5.73 Å². The number of hydrogen-bond donors (Lipinski definition) is 1. The minimum Gasteiger partial charge on any atom is -0.329 e. The average molecular weight is 307 g/mol. The van der Waals surface area contributed by atoms with Gasteiger partial charge in [-0.3, -0.25) is 4.90 Å². The summed E-state index contributed by atoms with van der Waals surface area (Å²) in [4.78, 5) is 2.06. The summed E-state index contributed by atoms with van der Waals surface area (Å²) in [6.45, 7) is 3.12. The van der Waals surface area contributed by atoms with Crippen molar-refractivity contribution < 1.29 is 4.39 Å². The highest BCUT2D eigenvalue weighted by Gasteiger charge is 2.19. The highest BCUT2D eigenvalue weighted by molar-refractivity contribution is 6.30. The van der Waals surface area contributed by atoms with Crippen molar-refractivity contribution in [3.05, 3.63) is 70.0 Å². The average Bonchev–Trinajstić information content (AvgIpc) is 2.42. The lowest BCUT2D eigenvalue weighted by Gasteiger charge is -2.28. The van der Waals surface area contributed by atoms with Gasteiger partial charge in [-0.2, -0.15) is 0 Å². The van der Waals surface area contributed by atoms with E-state index in [1.165, 1.54) is 17.2 Å². The quantitative estimate of drug-likeness (QED) is 0.907. The van der Waals surface area contributed by atoms with Crippen molar-refractivity contribution in [3.63, 3.8) is 0 Å². The Labute approximate surface area is 130 Å². The van der Waals surface area contributed by atoms with E-state index in [0.717, 1.165) is 0 Å². The molecule has 2 aromatic rings. The normalized spacial score (nSPS) is 12.7. The van der Waals surface area contributed by atoms with E-state index in [9.17, 15) is 4.39 Å². The van der Waals surface area contributed by atoms with Crippen LogP contribution in [0.2, 0.25) is 5.02 Å². The molecule has 0 bridgehead atoms. The fraction of sp³-hybridized carbons (Fsp3) is 0.294. The van der Waals surface area contributed by atoms with Crippen molar-refractivity contribution in [1.82, 2.24) is 4.90 Å². The highest BCUT2D eigenvalue weighted by atomic mass is 35.5. The van der Waals surface area contributed by atoms with Crippen LogP contribution >= 0.6 is 11.6 Å². The number of aryl methyl sites for hydroxylation is 1. The standard InChI is InChI=1S/C17H20ClFN2/c1-12-4-3-5-13(8-12)11-21(2)17(10-20)15-7-6-14(18)9-16(15)19/h3-9,17H,10-11,20H2,1-2H3. The second-order valence-electron chi connectivity index (χ2n) is 5.32. The maximum atomic E-state index is 14.1. The maximum Gasteiger partial charge on any atom is 0.129 e. The van der Waals surface area contributed by atoms with E-state index in [1.807, 2.05) is 13.1 Å². The van der Waals surface area contributed by atoms with Crippen LogP contribution in [0, 0.1) is 12.7 Å². The summed E-state index contributed by atoms with van der Waals surface area (Å²) in [5.74, 6) is -0.311. The molecule has 4 heteroatoms. The molecule has 0 heterocycles. The van der Waals surface area contributed by atoms with Gasteiger partial charge in [-0.05, 0) is 31.7 Å². The molecule has 2 aromatic carbocycles. The summed E-state index contributed by atoms with van der Waals surface area (Å²) < 4.78 is 14.1. The number of likely N-dealkylation sites (N-methyl/N-ethyl adjacent to an activating group) is 1. The molecule has 0 aliphatic carbocycles. The molecule has 0 aliphatic rings. The van der Waals surface area contributed by atoms with Crippen LogP contribution in [-0.2, 0) is 6.54 Å². The fourth-order valence-corrected chi connectivity index (χ4v) is 2.68. The molecule has 0 fully saturated rings. The Hall–Kier alpha value is -1.42. The van der Waals surface area contributed by atoms with Gasteiger partial charge in [0.2, 0.25) is 0 Å². The van der Waals surface area contributed by atoms with E-state index < -0.39 is 0 Å². The van der Waals surface area contributed by atoms with Gasteiger partial charge in [-0.15, -0.1) is 0 Å². The van der Waals surface area contributed by atoms with E-state index in [2.05, 4.69) is 30.0 Å². The van der Waals surface area contributed by atoms with Crippen LogP contribution in [0.1, 0.15) is 22.7 Å². The van der Waals surface area contributed by atoms with Crippen molar-refractivity contribution in [2.75, 3.05) is 13.6 Å². The summed E-state index contributed by atoms with van der Waals surface area (Å²) in [5.41, 5.74) is 8.83. The van der Waals surface area contributed by atoms with E-state index in [4.69, 9.17) is 17.3 Å². The highest BCUT2D eigenvalue weighted by Crippen LogP contribution is 2.25. The van der Waals surface area contributed by atoms with Gasteiger partial charge in [0.1, 0.15) is 5.82 Å². The number of nitrogens with two attached hydrogens (primary N) is 1. The number of rotatable bonds is 5. The van der Waals surface area contributed by atoms with E-state index in [-0.39, 0.29) is 11.9 Å². The topological polar surface area (TPSA) is 29.3 Å². The minimum atomic E-state index is -0.311. The molecule has 2 N–H and O–H groups in total. The molecule has 1 unspecified atom stereocenters. The lowest BCUT2D eigenvalue weighted by atomic mass is 10.0. The van der Waals surface area contributed by atoms with Crippen LogP contribution in [0.25, 0.3) is 0 Å². The molecule has 0 amide bonds. The van der Waals surface area contributed by atoms with Crippen LogP contribution in [0.4, 0.5) is 4.39 Å². The second-order valence-corrected chi connectivity index (χ2v) is 5.76. The number of halogens is 2. The molecule has 0 saturated heterocycles. The molecule has 0 radical (unpaired) electrons. The van der Waals surface area contributed by atoms with E-state index in [0.29, 0.717) is 23.7 Å². The predicted octanol–water partition coefficient (Wildman–Crippen LogP) is 3.92. The number of nitrogens with zero attached hydrogens (tertiary/aromatic N) is 1. The Morgan fingerprint density at radius 3 is 2.62 bits per heavy atom. The molecule has 0 spiro atoms. The van der Waals surface area contributed by atoms with Crippen LogP contribution in [0.3, 0.4) is 0 Å². The molecule has 21 heavy (non-hydrogen) atoms. The Bertz CT molecular complexity index is 615. The van der Waals surface area contributed by atoms with Crippen LogP contribution in [-0.4, -0.2) is 18.5 Å². The van der Waals surface area contributed by atoms with Gasteiger partial charge in [-0.25, -0.2) is 4.39 Å². The third kappa shape index (κ3) is 4.03. The first-order chi connectivity index (χ1) is 10.0. The van der Waals surface area contributed by atoms with Gasteiger partial charge in [-0.1, -0.05) is 47.5 Å². The molecule has 0 aromatic heterocycles. The summed E-state index contributed by atoms with van der Waals surface area (Å²) in [6, 6.07) is 12.8. The SMILES string of the molecule is Cc1cccc(CN(C)C(CN)c2ccc(Cl)cc2F)c1. The number of benzene rings is 2. The molecular weight excluding hydrogens is 287 g/mol. The third-order valence-electron chi connectivity index (χ3n) is 3.59. The van der Waals surface area contributed by atoms with Gasteiger partial charge in [0.25, 0.3) is 0 Å². The van der Waals surface area contributed by atoms with Crippen LogP contribution < -0.4 is 5.73 Å². The van der Waals surface area contributed by atoms with Gasteiger partial charge in [0.15, 0.2) is 0 Å². The van der Waals surface area contributed by atoms with Crippen LogP contribution in [0.5, 0.6) is 0 Å². The Morgan fingerprint density at radius 1 is 1.24 bits per heavy atom. The largest absolute Gasteiger partial charge is 0.329 e. The van der Waals surface area contributed by atoms with Crippen molar-refractivity contribution >= 4 is 11.6 Å². The molecule has 0 aliphatic heterocycles. The first-order valence-electron chi connectivity index (χ1n) is 6.92. The summed E-state index contributed by atoms with van der Waals surface area (Å²) in [6.07, 6.45) is 0. The third-order valence-corrected chi connectivity index (χ3v) is 3.83. The second kappa shape index (κ2) is 7.03. The Morgan fingerprint density at radius 2 is 2.00 bits per heavy atom. The van der Waals surface area contributed by atoms with Crippen molar-refractivity contribution in [2.24, 2.45) is 5.73 Å². The lowest BCUT2D eigenvalue weighted by Crippen LogP contribution is -2.30. The first-order valence-corrected chi connectivity index (χ1v) is 7.30. The van der Waals surface area contributed by atoms with Crippen molar-refractivity contribution in [2.45, 2.75) is 19.5 Å². The van der Waals surface area contributed by atoms with E-state index >= 15 is 0 Å². The summed E-state index contributed by atoms with van der Waals surface area (Å²) >= 11 is 5.81. The molecule has 2 rings (SSSR count). The molecule has 112 valence electrons. The van der Waals surface area contributed by atoms with Crippen molar-refractivity contribution in [3.8, 4) is 0 Å². The van der Waals surface area contributed by atoms with Gasteiger partial charge in [0, 0.05) is 29.7 Å². The van der Waals surface area contributed by atoms with Crippen molar-refractivity contribution in [1.29, 1.82) is 0 Å². The molecule has 2 nitrogen and oxygen atoms in total. The predicted molar refractivity (Wildman–Crippen MR) is 85.9 cm³/mol. The van der Waals surface area contributed by atoms with Gasteiger partial charge in [0.05, 0.1) is 0 Å². The maximum absolute atomic E-state index is 14.1. The Balaban J connectivity index is 2.20. The summed E-state index contributed by atoms with van der Waals surface area (Å²) in [7, 11) is 1.95. The van der Waals surface area contributed by atoms with Crippen LogP contribution in [0.15, 0.2) is 42.5 Å². The number of hydrogen-bond acceptors (Lipinski definition) is 2. The minimum absolute atomic E-state index is 0.178. The van der Waals surface area contributed by atoms with Gasteiger partial charge >= 0.3 is 0 Å². The zero-order chi connectivity index (χ0) is 15.4.